The van der Waals surface area contributed by atoms with Crippen LogP contribution in [0.15, 0.2) is 34.3 Å². The lowest BCUT2D eigenvalue weighted by molar-refractivity contribution is -0.0232. The van der Waals surface area contributed by atoms with Gasteiger partial charge in [-0.25, -0.2) is 18.2 Å². The number of likely N-dealkylation sites (tertiary alicyclic amines) is 1. The normalized spacial score (nSPS) is 17.3. The largest absolute Gasteiger partial charge is 0.497 e. The summed E-state index contributed by atoms with van der Waals surface area (Å²) in [5, 5.41) is 0.391. The van der Waals surface area contributed by atoms with Gasteiger partial charge in [-0.05, 0) is 64.0 Å². The van der Waals surface area contributed by atoms with E-state index in [1.54, 1.807) is 27.7 Å². The van der Waals surface area contributed by atoms with Gasteiger partial charge in [-0.1, -0.05) is 11.6 Å². The molecule has 3 heterocycles. The number of fused-ring (bicyclic) bond motifs is 1. The topological polar surface area (TPSA) is 130 Å². The van der Waals surface area contributed by atoms with Gasteiger partial charge < -0.3 is 19.1 Å². The number of ether oxygens (including phenoxy) is 3. The van der Waals surface area contributed by atoms with Crippen molar-refractivity contribution in [2.75, 3.05) is 33.6 Å². The number of carbonyl (C=O) groups excluding carboxylic acids is 1. The average molecular weight is 619 g/mol. The van der Waals surface area contributed by atoms with E-state index in [0.717, 1.165) is 19.1 Å². The van der Waals surface area contributed by atoms with Crippen molar-refractivity contribution in [1.29, 1.82) is 0 Å². The molecule has 0 unspecified atom stereocenters. The summed E-state index contributed by atoms with van der Waals surface area (Å²) in [6, 6.07) is 4.68. The minimum atomic E-state index is -3.72. The molecule has 1 amide bonds. The van der Waals surface area contributed by atoms with Crippen LogP contribution in [-0.2, 0) is 14.6 Å². The highest BCUT2D eigenvalue weighted by Crippen LogP contribution is 2.55. The summed E-state index contributed by atoms with van der Waals surface area (Å²) in [5.41, 5.74) is -0.0145. The van der Waals surface area contributed by atoms with Gasteiger partial charge in [0.15, 0.2) is 0 Å². The number of pyridine rings is 1. The van der Waals surface area contributed by atoms with Crippen LogP contribution >= 0.6 is 11.6 Å². The monoisotopic (exact) mass is 618 g/mol. The fourth-order valence-electron chi connectivity index (χ4n) is 5.87. The number of hydrogen-bond donors (Lipinski definition) is 0. The summed E-state index contributed by atoms with van der Waals surface area (Å²) < 4.78 is 42.6. The van der Waals surface area contributed by atoms with Gasteiger partial charge in [-0.2, -0.15) is 4.98 Å². The Morgan fingerprint density at radius 2 is 1.74 bits per heavy atom. The zero-order valence-electron chi connectivity index (χ0n) is 24.6. The average Bonchev–Trinajstić information content (AvgIpc) is 2.90. The molecule has 42 heavy (non-hydrogen) atoms. The first-order valence-corrected chi connectivity index (χ1v) is 15.9. The quantitative estimate of drug-likeness (QED) is 0.367. The van der Waals surface area contributed by atoms with Gasteiger partial charge in [-0.3, -0.25) is 9.36 Å². The van der Waals surface area contributed by atoms with Gasteiger partial charge in [0.2, 0.25) is 15.0 Å². The minimum absolute atomic E-state index is 0.0472. The molecule has 1 aliphatic carbocycles. The number of hydrogen-bond acceptors (Lipinski definition) is 9. The van der Waals surface area contributed by atoms with Crippen molar-refractivity contribution in [3.05, 3.63) is 39.8 Å². The minimum Gasteiger partial charge on any atom is -0.497 e. The van der Waals surface area contributed by atoms with Crippen LogP contribution < -0.4 is 15.0 Å². The predicted octanol–water partition coefficient (Wildman–Crippen LogP) is 4.88. The van der Waals surface area contributed by atoms with Gasteiger partial charge >= 0.3 is 6.09 Å². The van der Waals surface area contributed by atoms with Crippen LogP contribution in [0.5, 0.6) is 11.5 Å². The third kappa shape index (κ3) is 5.66. The maximum atomic E-state index is 14.2. The molecular weight excluding hydrogens is 584 g/mol. The Morgan fingerprint density at radius 1 is 1.07 bits per heavy atom. The summed E-state index contributed by atoms with van der Waals surface area (Å²) in [7, 11) is -0.736. The number of methoxy groups -OCH3 is 2. The van der Waals surface area contributed by atoms with Crippen molar-refractivity contribution in [3.8, 4) is 22.6 Å². The van der Waals surface area contributed by atoms with Crippen LogP contribution in [0.1, 0.15) is 52.5 Å². The lowest BCUT2D eigenvalue weighted by Gasteiger charge is -2.52. The third-order valence-electron chi connectivity index (χ3n) is 8.02. The van der Waals surface area contributed by atoms with E-state index in [1.807, 2.05) is 20.8 Å². The first-order valence-electron chi connectivity index (χ1n) is 13.7. The highest BCUT2D eigenvalue weighted by molar-refractivity contribution is 7.90. The van der Waals surface area contributed by atoms with E-state index in [0.29, 0.717) is 53.9 Å². The van der Waals surface area contributed by atoms with Crippen LogP contribution in [0.3, 0.4) is 0 Å². The van der Waals surface area contributed by atoms with E-state index >= 15 is 0 Å². The number of rotatable bonds is 5. The number of nitrogens with zero attached hydrogens (tertiary/aromatic N) is 4. The highest BCUT2D eigenvalue weighted by Gasteiger charge is 2.48. The number of halogens is 1. The number of carbonyl (C=O) groups is 1. The Hall–Kier alpha value is -3.38. The van der Waals surface area contributed by atoms with E-state index in [9.17, 15) is 18.0 Å². The van der Waals surface area contributed by atoms with Gasteiger partial charge in [0, 0.05) is 54.2 Å². The molecule has 5 rings (SSSR count). The summed E-state index contributed by atoms with van der Waals surface area (Å²) in [6.45, 7) is 6.66. The summed E-state index contributed by atoms with van der Waals surface area (Å²) in [4.78, 5) is 36.9. The van der Waals surface area contributed by atoms with Crippen molar-refractivity contribution >= 4 is 38.6 Å². The molecule has 13 heteroatoms. The molecule has 1 aliphatic heterocycles. The van der Waals surface area contributed by atoms with E-state index < -0.39 is 15.4 Å². The van der Waals surface area contributed by atoms with Crippen LogP contribution in [0, 0.1) is 5.41 Å². The number of piperidine rings is 1. The molecule has 1 spiro atoms. The van der Waals surface area contributed by atoms with Crippen molar-refractivity contribution in [3.63, 3.8) is 0 Å². The van der Waals surface area contributed by atoms with E-state index in [4.69, 9.17) is 25.8 Å². The molecule has 0 radical (unpaired) electrons. The van der Waals surface area contributed by atoms with Gasteiger partial charge in [0.1, 0.15) is 22.7 Å². The lowest BCUT2D eigenvalue weighted by Crippen LogP contribution is -2.51. The molecule has 11 nitrogen and oxygen atoms in total. The van der Waals surface area contributed by atoms with E-state index in [-0.39, 0.29) is 38.9 Å². The van der Waals surface area contributed by atoms with Crippen molar-refractivity contribution in [2.24, 2.45) is 5.41 Å². The second kappa shape index (κ2) is 10.7. The summed E-state index contributed by atoms with van der Waals surface area (Å²) in [5.74, 6) is 0.806. The van der Waals surface area contributed by atoms with Gasteiger partial charge in [0.25, 0.3) is 5.56 Å². The van der Waals surface area contributed by atoms with Crippen LogP contribution in [0.25, 0.3) is 22.2 Å². The molecule has 3 aromatic rings. The highest BCUT2D eigenvalue weighted by atomic mass is 35.5. The summed E-state index contributed by atoms with van der Waals surface area (Å²) in [6.07, 6.45) is 5.04. The molecule has 0 N–H and O–H groups in total. The number of sulfone groups is 1. The van der Waals surface area contributed by atoms with Crippen LogP contribution in [0.2, 0.25) is 5.02 Å². The van der Waals surface area contributed by atoms with Crippen molar-refractivity contribution in [1.82, 2.24) is 19.4 Å². The first kappa shape index (κ1) is 30.1. The van der Waals surface area contributed by atoms with Crippen LogP contribution in [0.4, 0.5) is 4.79 Å². The van der Waals surface area contributed by atoms with Crippen LogP contribution in [-0.4, -0.2) is 73.1 Å². The molecule has 2 aromatic heterocycles. The standard InChI is InChI=1S/C29H35ClN4O7S/c1-28(2,3)41-27(36)33-9-7-29(8-10-33)14-18(15-29)34-24-17(16-31-26(32-24)42(6,37)38)11-21(25(34)35)20-12-19(39-4)13-22(40-5)23(20)30/h11-13,16,18H,7-10,14-15H2,1-6H3. The molecule has 0 atom stereocenters. The van der Waals surface area contributed by atoms with Gasteiger partial charge in [0.05, 0.1) is 19.2 Å². The molecule has 0 bridgehead atoms. The van der Waals surface area contributed by atoms with Gasteiger partial charge in [-0.15, -0.1) is 0 Å². The number of aromatic nitrogens is 3. The van der Waals surface area contributed by atoms with Crippen molar-refractivity contribution in [2.45, 2.75) is 63.3 Å². The molecule has 2 aliphatic rings. The molecule has 226 valence electrons. The Bertz CT molecular complexity index is 1720. The smallest absolute Gasteiger partial charge is 0.410 e. The van der Waals surface area contributed by atoms with Crippen molar-refractivity contribution < 1.29 is 27.4 Å². The second-order valence-electron chi connectivity index (χ2n) is 12.2. The predicted molar refractivity (Wildman–Crippen MR) is 158 cm³/mol. The number of benzene rings is 1. The Kier molecular flexibility index (Phi) is 7.68. The Morgan fingerprint density at radius 3 is 2.31 bits per heavy atom. The fourth-order valence-corrected chi connectivity index (χ4v) is 6.66. The third-order valence-corrected chi connectivity index (χ3v) is 9.27. The molecule has 1 saturated heterocycles. The molecule has 2 fully saturated rings. The number of amides is 1. The molecular formula is C29H35ClN4O7S. The zero-order valence-corrected chi connectivity index (χ0v) is 26.1. The first-order chi connectivity index (χ1) is 19.6. The second-order valence-corrected chi connectivity index (χ2v) is 14.4. The van der Waals surface area contributed by atoms with E-state index in [1.165, 1.54) is 20.4 Å². The van der Waals surface area contributed by atoms with E-state index in [2.05, 4.69) is 9.97 Å². The SMILES string of the molecule is COc1cc(OC)c(Cl)c(-c2cc3cnc(S(C)(=O)=O)nc3n(C3CC4(CCN(C(=O)OC(C)(C)C)CC4)C3)c2=O)c1. The zero-order chi connectivity index (χ0) is 30.6. The Labute approximate surface area is 249 Å². The molecule has 1 aromatic carbocycles. The maximum absolute atomic E-state index is 14.2. The Balaban J connectivity index is 1.54. The lowest BCUT2D eigenvalue weighted by atomic mass is 9.60. The summed E-state index contributed by atoms with van der Waals surface area (Å²) >= 11 is 6.67. The fraction of sp³-hybridized carbons (Fsp3) is 0.517. The maximum Gasteiger partial charge on any atom is 0.410 e. The molecule has 1 saturated carbocycles.